The summed E-state index contributed by atoms with van der Waals surface area (Å²) in [6, 6.07) is 8.69. The highest BCUT2D eigenvalue weighted by Gasteiger charge is 2.38. The predicted molar refractivity (Wildman–Crippen MR) is 124 cm³/mol. The average molecular weight is 548 g/mol. The van der Waals surface area contributed by atoms with Crippen molar-refractivity contribution in [3.63, 3.8) is 0 Å². The Hall–Kier alpha value is -3.79. The first-order valence-corrected chi connectivity index (χ1v) is 12.3. The van der Waals surface area contributed by atoms with Crippen molar-refractivity contribution in [2.45, 2.75) is 24.3 Å². The first kappa shape index (κ1) is 27.8. The Labute approximate surface area is 209 Å². The molecule has 0 radical (unpaired) electrons. The standard InChI is InChI=1S/C19H23N5O5S.C2HF3O2/c1-27-14-7-3-8-15(28-2)17(14)24-18(16-9-5-11-29-16)21-22-19(24)23-30(25,26)13-6-4-10-20-12-13;3-2(4,5)1(6)7/h3,5,7-9,11,13,20H,4,6,10,12H2,1-2H3,(H,22,23);(H,6,7). The number of carboxylic acids is 1. The largest absolute Gasteiger partial charge is 0.494 e. The quantitative estimate of drug-likeness (QED) is 0.402. The van der Waals surface area contributed by atoms with Crippen molar-refractivity contribution in [2.24, 2.45) is 0 Å². The van der Waals surface area contributed by atoms with Crippen LogP contribution in [0.3, 0.4) is 0 Å². The van der Waals surface area contributed by atoms with Gasteiger partial charge in [-0.1, -0.05) is 6.07 Å². The maximum atomic E-state index is 13.0. The Balaban J connectivity index is 0.000000479. The van der Waals surface area contributed by atoms with Crippen LogP contribution < -0.4 is 19.5 Å². The van der Waals surface area contributed by atoms with Crippen molar-refractivity contribution in [1.29, 1.82) is 0 Å². The molecule has 0 aliphatic carbocycles. The van der Waals surface area contributed by atoms with E-state index in [1.165, 1.54) is 25.0 Å². The number of nitrogens with zero attached hydrogens (tertiary/aromatic N) is 3. The van der Waals surface area contributed by atoms with E-state index in [9.17, 15) is 21.6 Å². The highest BCUT2D eigenvalue weighted by molar-refractivity contribution is 7.93. The maximum absolute atomic E-state index is 13.0. The molecule has 1 aromatic carbocycles. The van der Waals surface area contributed by atoms with Gasteiger partial charge in [-0.05, 0) is 43.7 Å². The number of ether oxygens (including phenoxy) is 2. The number of rotatable bonds is 7. The summed E-state index contributed by atoms with van der Waals surface area (Å²) < 4.78 is 78.4. The number of hydrogen-bond donors (Lipinski definition) is 3. The molecule has 3 heterocycles. The van der Waals surface area contributed by atoms with Gasteiger partial charge < -0.3 is 24.3 Å². The summed E-state index contributed by atoms with van der Waals surface area (Å²) in [6.07, 6.45) is -2.22. The maximum Gasteiger partial charge on any atom is 0.490 e. The zero-order valence-corrected chi connectivity index (χ0v) is 20.5. The van der Waals surface area contributed by atoms with Crippen LogP contribution in [0.1, 0.15) is 12.8 Å². The summed E-state index contributed by atoms with van der Waals surface area (Å²) in [5, 5.41) is 18.0. The van der Waals surface area contributed by atoms with Crippen molar-refractivity contribution in [2.75, 3.05) is 32.0 Å². The molecule has 0 spiro atoms. The highest BCUT2D eigenvalue weighted by Crippen LogP contribution is 2.38. The van der Waals surface area contributed by atoms with Gasteiger partial charge in [-0.2, -0.15) is 13.2 Å². The molecule has 1 fully saturated rings. The SMILES string of the molecule is COc1cccc(OC)c1-n1c(NS(=O)(=O)C2CCCNC2)nnc1-c1ccco1.O=C(O)C(F)(F)F. The fourth-order valence-corrected chi connectivity index (χ4v) is 4.84. The molecule has 1 aliphatic heterocycles. The summed E-state index contributed by atoms with van der Waals surface area (Å²) in [6.45, 7) is 1.19. The van der Waals surface area contributed by atoms with Gasteiger partial charge in [0, 0.05) is 6.54 Å². The van der Waals surface area contributed by atoms with Gasteiger partial charge in [0.2, 0.25) is 21.8 Å². The Bertz CT molecular complexity index is 1280. The molecule has 1 saturated heterocycles. The molecule has 1 aliphatic rings. The topological polar surface area (TPSA) is 158 Å². The number of carboxylic acid groups (broad SMARTS) is 1. The molecule has 3 aromatic rings. The smallest absolute Gasteiger partial charge is 0.490 e. The lowest BCUT2D eigenvalue weighted by molar-refractivity contribution is -0.192. The van der Waals surface area contributed by atoms with E-state index >= 15 is 0 Å². The van der Waals surface area contributed by atoms with E-state index in [0.29, 0.717) is 41.7 Å². The number of sulfonamides is 1. The number of piperidine rings is 1. The molecular formula is C21H24F3N5O7S. The number of carbonyl (C=O) groups is 1. The second-order valence-electron chi connectivity index (χ2n) is 7.59. The number of furan rings is 1. The molecule has 0 amide bonds. The van der Waals surface area contributed by atoms with E-state index in [4.69, 9.17) is 23.8 Å². The Kier molecular flexibility index (Phi) is 8.65. The fraction of sp³-hybridized carbons (Fsp3) is 0.381. The minimum atomic E-state index is -5.08. The molecular weight excluding hydrogens is 523 g/mol. The number of aliphatic carboxylic acids is 1. The average Bonchev–Trinajstić information content (AvgIpc) is 3.53. The molecule has 1 atom stereocenters. The molecule has 37 heavy (non-hydrogen) atoms. The van der Waals surface area contributed by atoms with Crippen LogP contribution in [0, 0.1) is 0 Å². The third-order valence-electron chi connectivity index (χ3n) is 5.20. The molecule has 16 heteroatoms. The Morgan fingerprint density at radius 1 is 1.19 bits per heavy atom. The predicted octanol–water partition coefficient (Wildman–Crippen LogP) is 2.67. The van der Waals surface area contributed by atoms with Gasteiger partial charge in [-0.25, -0.2) is 13.2 Å². The molecule has 3 N–H and O–H groups in total. The second-order valence-corrected chi connectivity index (χ2v) is 9.55. The summed E-state index contributed by atoms with van der Waals surface area (Å²) in [4.78, 5) is 8.90. The number of halogens is 3. The van der Waals surface area contributed by atoms with Gasteiger partial charge in [-0.15, -0.1) is 10.2 Å². The monoisotopic (exact) mass is 547 g/mol. The normalized spacial score (nSPS) is 15.9. The molecule has 202 valence electrons. The van der Waals surface area contributed by atoms with Crippen LogP contribution >= 0.6 is 0 Å². The summed E-state index contributed by atoms with van der Waals surface area (Å²) >= 11 is 0. The van der Waals surface area contributed by atoms with Crippen LogP contribution in [0.4, 0.5) is 19.1 Å². The Morgan fingerprint density at radius 2 is 1.84 bits per heavy atom. The first-order valence-electron chi connectivity index (χ1n) is 10.7. The molecule has 1 unspecified atom stereocenters. The van der Waals surface area contributed by atoms with Crippen molar-refractivity contribution in [1.82, 2.24) is 20.1 Å². The summed E-state index contributed by atoms with van der Waals surface area (Å²) in [7, 11) is -0.668. The van der Waals surface area contributed by atoms with Crippen molar-refractivity contribution in [3.8, 4) is 28.8 Å². The van der Waals surface area contributed by atoms with Crippen LogP contribution in [-0.4, -0.2) is 73.0 Å². The number of aromatic nitrogens is 3. The number of nitrogens with one attached hydrogen (secondary N) is 2. The molecule has 0 saturated carbocycles. The molecule has 0 bridgehead atoms. The number of alkyl halides is 3. The van der Waals surface area contributed by atoms with Crippen molar-refractivity contribution >= 4 is 21.9 Å². The minimum Gasteiger partial charge on any atom is -0.494 e. The lowest BCUT2D eigenvalue weighted by Crippen LogP contribution is -2.41. The number of methoxy groups -OCH3 is 2. The fourth-order valence-electron chi connectivity index (χ4n) is 3.47. The van der Waals surface area contributed by atoms with Gasteiger partial charge in [-0.3, -0.25) is 9.29 Å². The third kappa shape index (κ3) is 6.51. The third-order valence-corrected chi connectivity index (χ3v) is 6.94. The van der Waals surface area contributed by atoms with E-state index in [2.05, 4.69) is 20.2 Å². The number of para-hydroxylation sites is 1. The van der Waals surface area contributed by atoms with Crippen molar-refractivity contribution < 1.29 is 45.4 Å². The number of anilines is 1. The van der Waals surface area contributed by atoms with Crippen molar-refractivity contribution in [3.05, 3.63) is 36.6 Å². The van der Waals surface area contributed by atoms with Gasteiger partial charge in [0.15, 0.2) is 5.76 Å². The van der Waals surface area contributed by atoms with E-state index in [-0.39, 0.29) is 5.95 Å². The van der Waals surface area contributed by atoms with Crippen LogP contribution in [0.25, 0.3) is 17.3 Å². The lowest BCUT2D eigenvalue weighted by Gasteiger charge is -2.23. The van der Waals surface area contributed by atoms with E-state index < -0.39 is 27.4 Å². The Morgan fingerprint density at radius 3 is 2.32 bits per heavy atom. The van der Waals surface area contributed by atoms with Gasteiger partial charge in [0.25, 0.3) is 0 Å². The number of hydrogen-bond acceptors (Lipinski definition) is 9. The minimum absolute atomic E-state index is 0.0229. The second kappa shape index (κ2) is 11.5. The zero-order valence-electron chi connectivity index (χ0n) is 19.7. The van der Waals surface area contributed by atoms with Crippen LogP contribution in [-0.2, 0) is 14.8 Å². The molecule has 12 nitrogen and oxygen atoms in total. The molecule has 2 aromatic heterocycles. The van der Waals surface area contributed by atoms with E-state index in [1.54, 1.807) is 30.3 Å². The number of benzene rings is 1. The van der Waals surface area contributed by atoms with Crippen LogP contribution in [0.5, 0.6) is 11.5 Å². The lowest BCUT2D eigenvalue weighted by atomic mass is 10.2. The van der Waals surface area contributed by atoms with Gasteiger partial charge >= 0.3 is 12.1 Å². The van der Waals surface area contributed by atoms with Gasteiger partial charge in [0.05, 0.1) is 25.7 Å². The van der Waals surface area contributed by atoms with Gasteiger partial charge in [0.1, 0.15) is 17.2 Å². The summed E-state index contributed by atoms with van der Waals surface area (Å²) in [5.41, 5.74) is 0.457. The zero-order chi connectivity index (χ0) is 27.2. The van der Waals surface area contributed by atoms with E-state index in [1.807, 2.05) is 0 Å². The van der Waals surface area contributed by atoms with Crippen LogP contribution in [0.15, 0.2) is 41.0 Å². The first-order chi connectivity index (χ1) is 17.5. The van der Waals surface area contributed by atoms with Crippen LogP contribution in [0.2, 0.25) is 0 Å². The highest BCUT2D eigenvalue weighted by atomic mass is 32.2. The van der Waals surface area contributed by atoms with E-state index in [0.717, 1.165) is 13.0 Å². The molecule has 4 rings (SSSR count). The summed E-state index contributed by atoms with van der Waals surface area (Å²) in [5.74, 6) is -1.09.